The van der Waals surface area contributed by atoms with Crippen molar-refractivity contribution in [2.45, 2.75) is 50.7 Å². The lowest BCUT2D eigenvalue weighted by Gasteiger charge is -2.32. The SMILES string of the molecule is CC[C@H](C)NC(=O)[C@@H](C)N(Cc1ccc(OC)cc1)C(=O)CN(c1ccccc1OC)S(=O)(=O)c1ccc(OC)cc1. The number of para-hydroxylation sites is 2. The molecular weight excluding hydrogens is 558 g/mol. The highest BCUT2D eigenvalue weighted by molar-refractivity contribution is 7.92. The number of carbonyl (C=O) groups is 2. The first kappa shape index (κ1) is 32.3. The highest BCUT2D eigenvalue weighted by Crippen LogP contribution is 2.33. The van der Waals surface area contributed by atoms with Gasteiger partial charge in [0.15, 0.2) is 0 Å². The lowest BCUT2D eigenvalue weighted by Crippen LogP contribution is -2.52. The highest BCUT2D eigenvalue weighted by Gasteiger charge is 2.34. The Hall–Kier alpha value is -4.25. The summed E-state index contributed by atoms with van der Waals surface area (Å²) in [6, 6.07) is 18.6. The molecule has 0 spiro atoms. The summed E-state index contributed by atoms with van der Waals surface area (Å²) in [4.78, 5) is 28.6. The predicted octanol–water partition coefficient (Wildman–Crippen LogP) is 4.24. The maximum Gasteiger partial charge on any atom is 0.264 e. The number of amides is 2. The minimum atomic E-state index is -4.26. The van der Waals surface area contributed by atoms with E-state index in [9.17, 15) is 18.0 Å². The summed E-state index contributed by atoms with van der Waals surface area (Å²) < 4.78 is 45.0. The van der Waals surface area contributed by atoms with Gasteiger partial charge in [0.1, 0.15) is 29.8 Å². The van der Waals surface area contributed by atoms with Gasteiger partial charge < -0.3 is 24.4 Å². The number of ether oxygens (including phenoxy) is 3. The van der Waals surface area contributed by atoms with Crippen molar-refractivity contribution in [3.8, 4) is 17.2 Å². The third kappa shape index (κ3) is 7.73. The lowest BCUT2D eigenvalue weighted by molar-refractivity contribution is -0.139. The van der Waals surface area contributed by atoms with Gasteiger partial charge in [-0.05, 0) is 74.4 Å². The Morgan fingerprint density at radius 3 is 1.95 bits per heavy atom. The van der Waals surface area contributed by atoms with Crippen LogP contribution in [0.3, 0.4) is 0 Å². The molecule has 0 heterocycles. The van der Waals surface area contributed by atoms with Gasteiger partial charge in [-0.1, -0.05) is 31.2 Å². The number of nitrogens with one attached hydrogen (secondary N) is 1. The quantitative estimate of drug-likeness (QED) is 0.296. The molecule has 0 aromatic heterocycles. The van der Waals surface area contributed by atoms with Crippen LogP contribution in [-0.2, 0) is 26.2 Å². The smallest absolute Gasteiger partial charge is 0.264 e. The molecule has 0 aliphatic heterocycles. The maximum atomic E-state index is 14.1. The molecule has 3 rings (SSSR count). The zero-order chi connectivity index (χ0) is 30.9. The predicted molar refractivity (Wildman–Crippen MR) is 161 cm³/mol. The topological polar surface area (TPSA) is 114 Å². The van der Waals surface area contributed by atoms with E-state index in [2.05, 4.69) is 5.32 Å². The molecule has 0 aliphatic carbocycles. The van der Waals surface area contributed by atoms with Crippen LogP contribution < -0.4 is 23.8 Å². The molecule has 1 N–H and O–H groups in total. The number of hydrogen-bond donors (Lipinski definition) is 1. The van der Waals surface area contributed by atoms with E-state index in [0.29, 0.717) is 17.9 Å². The summed E-state index contributed by atoms with van der Waals surface area (Å²) in [5.41, 5.74) is 0.930. The lowest BCUT2D eigenvalue weighted by atomic mass is 10.1. The summed E-state index contributed by atoms with van der Waals surface area (Å²) in [7, 11) is 0.212. The first-order chi connectivity index (χ1) is 20.0. The van der Waals surface area contributed by atoms with Gasteiger partial charge >= 0.3 is 0 Å². The third-order valence-corrected chi connectivity index (χ3v) is 8.73. The Kier molecular flexibility index (Phi) is 11.2. The van der Waals surface area contributed by atoms with Gasteiger partial charge in [-0.2, -0.15) is 0 Å². The zero-order valence-electron chi connectivity index (χ0n) is 24.9. The average Bonchev–Trinajstić information content (AvgIpc) is 3.02. The molecule has 42 heavy (non-hydrogen) atoms. The van der Waals surface area contributed by atoms with Crippen LogP contribution in [0.4, 0.5) is 5.69 Å². The van der Waals surface area contributed by atoms with Gasteiger partial charge in [-0.3, -0.25) is 13.9 Å². The van der Waals surface area contributed by atoms with E-state index >= 15 is 0 Å². The van der Waals surface area contributed by atoms with Crippen LogP contribution in [0.25, 0.3) is 0 Å². The number of benzene rings is 3. The summed E-state index contributed by atoms with van der Waals surface area (Å²) >= 11 is 0. The first-order valence-corrected chi connectivity index (χ1v) is 15.0. The van der Waals surface area contributed by atoms with Crippen LogP contribution in [0.1, 0.15) is 32.8 Å². The van der Waals surface area contributed by atoms with E-state index < -0.39 is 28.5 Å². The Bertz CT molecular complexity index is 1440. The number of sulfonamides is 1. The second-order valence-electron chi connectivity index (χ2n) is 9.72. The molecule has 0 saturated heterocycles. The summed E-state index contributed by atoms with van der Waals surface area (Å²) in [5.74, 6) is 0.494. The van der Waals surface area contributed by atoms with Crippen LogP contribution in [0, 0.1) is 0 Å². The fourth-order valence-electron chi connectivity index (χ4n) is 4.20. The molecule has 11 heteroatoms. The fraction of sp³-hybridized carbons (Fsp3) is 0.355. The van der Waals surface area contributed by atoms with Crippen LogP contribution >= 0.6 is 0 Å². The number of hydrogen-bond acceptors (Lipinski definition) is 7. The van der Waals surface area contributed by atoms with Gasteiger partial charge in [0.25, 0.3) is 10.0 Å². The largest absolute Gasteiger partial charge is 0.497 e. The van der Waals surface area contributed by atoms with E-state index in [-0.39, 0.29) is 34.8 Å². The molecule has 0 unspecified atom stereocenters. The van der Waals surface area contributed by atoms with E-state index in [1.807, 2.05) is 13.8 Å². The summed E-state index contributed by atoms with van der Waals surface area (Å²) in [5, 5.41) is 2.92. The van der Waals surface area contributed by atoms with Crippen molar-refractivity contribution < 1.29 is 32.2 Å². The number of rotatable bonds is 14. The molecule has 3 aromatic rings. The Morgan fingerprint density at radius 2 is 1.40 bits per heavy atom. The first-order valence-electron chi connectivity index (χ1n) is 13.6. The van der Waals surface area contributed by atoms with Gasteiger partial charge in [0.05, 0.1) is 31.9 Å². The van der Waals surface area contributed by atoms with Gasteiger partial charge in [0.2, 0.25) is 11.8 Å². The molecule has 0 bridgehead atoms. The molecule has 2 atom stereocenters. The monoisotopic (exact) mass is 597 g/mol. The minimum absolute atomic E-state index is 0.0359. The van der Waals surface area contributed by atoms with E-state index in [4.69, 9.17) is 14.2 Å². The molecule has 0 saturated carbocycles. The van der Waals surface area contributed by atoms with Crippen molar-refractivity contribution >= 4 is 27.5 Å². The molecule has 0 fully saturated rings. The van der Waals surface area contributed by atoms with E-state index in [1.54, 1.807) is 62.6 Å². The number of carbonyl (C=O) groups excluding carboxylic acids is 2. The molecular formula is C31H39N3O7S. The van der Waals surface area contributed by atoms with Crippen molar-refractivity contribution in [1.82, 2.24) is 10.2 Å². The molecule has 2 amide bonds. The fourth-order valence-corrected chi connectivity index (χ4v) is 5.62. The third-order valence-electron chi connectivity index (χ3n) is 6.96. The zero-order valence-corrected chi connectivity index (χ0v) is 25.7. The summed E-state index contributed by atoms with van der Waals surface area (Å²) in [6.07, 6.45) is 0.715. The molecule has 226 valence electrons. The van der Waals surface area contributed by atoms with Crippen LogP contribution in [-0.4, -0.2) is 65.1 Å². The van der Waals surface area contributed by atoms with Crippen molar-refractivity contribution in [1.29, 1.82) is 0 Å². The van der Waals surface area contributed by atoms with Crippen molar-refractivity contribution in [2.24, 2.45) is 0 Å². The van der Waals surface area contributed by atoms with Gasteiger partial charge in [-0.15, -0.1) is 0 Å². The summed E-state index contributed by atoms with van der Waals surface area (Å²) in [6.45, 7) is 4.95. The van der Waals surface area contributed by atoms with Crippen molar-refractivity contribution in [3.63, 3.8) is 0 Å². The molecule has 3 aromatic carbocycles. The van der Waals surface area contributed by atoms with Gasteiger partial charge in [0, 0.05) is 12.6 Å². The normalized spacial score (nSPS) is 12.5. The van der Waals surface area contributed by atoms with Crippen LogP contribution in [0.2, 0.25) is 0 Å². The molecule has 0 aliphatic rings. The highest BCUT2D eigenvalue weighted by atomic mass is 32.2. The van der Waals surface area contributed by atoms with Crippen LogP contribution in [0.15, 0.2) is 77.7 Å². The second-order valence-corrected chi connectivity index (χ2v) is 11.6. The molecule has 10 nitrogen and oxygen atoms in total. The average molecular weight is 598 g/mol. The number of methoxy groups -OCH3 is 3. The standard InChI is InChI=1S/C31H39N3O7S/c1-7-22(2)32-31(36)23(3)33(20-24-12-14-25(39-4)15-13-24)30(35)21-34(28-10-8-9-11-29(28)41-6)42(37,38)27-18-16-26(40-5)17-19-27/h8-19,22-23H,7,20-21H2,1-6H3,(H,32,36)/t22-,23+/m0/s1. The van der Waals surface area contributed by atoms with Crippen LogP contribution in [0.5, 0.6) is 17.2 Å². The Morgan fingerprint density at radius 1 is 0.833 bits per heavy atom. The second kappa shape index (κ2) is 14.6. The minimum Gasteiger partial charge on any atom is -0.497 e. The van der Waals surface area contributed by atoms with E-state index in [1.165, 1.54) is 43.4 Å². The number of nitrogens with zero attached hydrogens (tertiary/aromatic N) is 2. The maximum absolute atomic E-state index is 14.1. The van der Waals surface area contributed by atoms with E-state index in [0.717, 1.165) is 9.87 Å². The number of anilines is 1. The Labute approximate surface area is 248 Å². The molecule has 0 radical (unpaired) electrons. The van der Waals surface area contributed by atoms with Gasteiger partial charge in [-0.25, -0.2) is 8.42 Å². The van der Waals surface area contributed by atoms with Crippen molar-refractivity contribution in [3.05, 3.63) is 78.4 Å². The Balaban J connectivity index is 2.06. The van der Waals surface area contributed by atoms with Crippen molar-refractivity contribution in [2.75, 3.05) is 32.2 Å².